The molecule has 0 radical (unpaired) electrons. The average Bonchev–Trinajstić information content (AvgIpc) is 2.91. The van der Waals surface area contributed by atoms with Crippen LogP contribution < -0.4 is 5.32 Å². The smallest absolute Gasteiger partial charge is 0.322 e. The molecule has 1 amide bonds. The summed E-state index contributed by atoms with van der Waals surface area (Å²) in [6, 6.07) is 9.00. The van der Waals surface area contributed by atoms with Crippen molar-refractivity contribution in [2.45, 2.75) is 26.6 Å². The summed E-state index contributed by atoms with van der Waals surface area (Å²) in [6.45, 7) is 14.4. The Morgan fingerprint density at radius 2 is 1.77 bits per heavy atom. The van der Waals surface area contributed by atoms with Crippen molar-refractivity contribution in [3.8, 4) is 11.8 Å². The van der Waals surface area contributed by atoms with E-state index in [0.29, 0.717) is 24.4 Å². The Labute approximate surface area is 233 Å². The fraction of sp³-hybridized carbons (Fsp3) is 0.290. The van der Waals surface area contributed by atoms with Gasteiger partial charge in [0.15, 0.2) is 0 Å². The van der Waals surface area contributed by atoms with E-state index in [1.54, 1.807) is 29.3 Å². The van der Waals surface area contributed by atoms with Gasteiger partial charge in [-0.05, 0) is 68.4 Å². The molecular formula is C31H32F3N5O. The lowest BCUT2D eigenvalue weighted by molar-refractivity contribution is -0.138. The second-order valence-electron chi connectivity index (χ2n) is 9.96. The number of rotatable bonds is 5. The number of halogens is 3. The van der Waals surface area contributed by atoms with Gasteiger partial charge in [0.2, 0.25) is 0 Å². The summed E-state index contributed by atoms with van der Waals surface area (Å²) >= 11 is 0. The molecule has 40 heavy (non-hydrogen) atoms. The number of hydrogen-bond donors (Lipinski definition) is 1. The van der Waals surface area contributed by atoms with Gasteiger partial charge in [0.05, 0.1) is 17.0 Å². The van der Waals surface area contributed by atoms with Gasteiger partial charge in [0, 0.05) is 61.8 Å². The van der Waals surface area contributed by atoms with Crippen LogP contribution >= 0.6 is 0 Å². The number of hydrazone groups is 1. The van der Waals surface area contributed by atoms with Gasteiger partial charge < -0.3 is 10.2 Å². The molecule has 1 saturated heterocycles. The molecule has 2 aliphatic heterocycles. The molecule has 9 heteroatoms. The van der Waals surface area contributed by atoms with Crippen LogP contribution in [0.4, 0.5) is 18.9 Å². The van der Waals surface area contributed by atoms with Crippen molar-refractivity contribution in [1.29, 1.82) is 0 Å². The SMILES string of the molecule is C=NN1C(=C)C=CC(C#Cc2cc(C(=O)Nc3ccc(CN4CCN(C)CC4)c(C(F)(F)F)c3)ccc2C)=C1C. The summed E-state index contributed by atoms with van der Waals surface area (Å²) < 4.78 is 41.9. The molecular weight excluding hydrogens is 515 g/mol. The zero-order chi connectivity index (χ0) is 29.0. The molecule has 208 valence electrons. The number of hydrogen-bond acceptors (Lipinski definition) is 5. The van der Waals surface area contributed by atoms with E-state index in [1.807, 2.05) is 31.9 Å². The second-order valence-corrected chi connectivity index (χ2v) is 9.96. The zero-order valence-corrected chi connectivity index (χ0v) is 22.9. The highest BCUT2D eigenvalue weighted by molar-refractivity contribution is 6.04. The Hall–Kier alpha value is -4.13. The van der Waals surface area contributed by atoms with Crippen molar-refractivity contribution in [2.75, 3.05) is 38.5 Å². The Bertz CT molecular complexity index is 1450. The Kier molecular flexibility index (Phi) is 8.62. The number of aryl methyl sites for hydroxylation is 1. The maximum Gasteiger partial charge on any atom is 0.416 e. The van der Waals surface area contributed by atoms with E-state index in [4.69, 9.17) is 0 Å². The number of piperazine rings is 1. The number of carbonyl (C=O) groups is 1. The number of likely N-dealkylation sites (N-methyl/N-ethyl adjacent to an activating group) is 1. The third-order valence-electron chi connectivity index (χ3n) is 7.06. The number of benzene rings is 2. The summed E-state index contributed by atoms with van der Waals surface area (Å²) in [5, 5.41) is 8.16. The number of amides is 1. The molecule has 6 nitrogen and oxygen atoms in total. The molecule has 2 aromatic carbocycles. The van der Waals surface area contributed by atoms with E-state index < -0.39 is 17.6 Å². The number of allylic oxidation sites excluding steroid dienone is 4. The van der Waals surface area contributed by atoms with Crippen LogP contribution in [0, 0.1) is 18.8 Å². The molecule has 0 unspecified atom stereocenters. The fourth-order valence-electron chi connectivity index (χ4n) is 4.57. The third kappa shape index (κ3) is 6.71. The fourth-order valence-corrected chi connectivity index (χ4v) is 4.57. The van der Waals surface area contributed by atoms with Gasteiger partial charge in [-0.25, -0.2) is 5.01 Å². The molecule has 0 spiro atoms. The van der Waals surface area contributed by atoms with Crippen LogP contribution in [0.2, 0.25) is 0 Å². The summed E-state index contributed by atoms with van der Waals surface area (Å²) in [5.41, 5.74) is 3.49. The van der Waals surface area contributed by atoms with Crippen LogP contribution in [-0.4, -0.2) is 60.7 Å². The van der Waals surface area contributed by atoms with Gasteiger partial charge in [0.1, 0.15) is 0 Å². The van der Waals surface area contributed by atoms with Gasteiger partial charge >= 0.3 is 6.18 Å². The van der Waals surface area contributed by atoms with Crippen molar-refractivity contribution in [2.24, 2.45) is 5.10 Å². The maximum absolute atomic E-state index is 14.0. The van der Waals surface area contributed by atoms with E-state index in [9.17, 15) is 18.0 Å². The number of nitrogens with zero attached hydrogens (tertiary/aromatic N) is 4. The summed E-state index contributed by atoms with van der Waals surface area (Å²) in [6.07, 6.45) is -0.920. The molecule has 0 aromatic heterocycles. The van der Waals surface area contributed by atoms with Crippen molar-refractivity contribution in [1.82, 2.24) is 14.8 Å². The summed E-state index contributed by atoms with van der Waals surface area (Å²) in [4.78, 5) is 17.2. The lowest BCUT2D eigenvalue weighted by atomic mass is 10.0. The van der Waals surface area contributed by atoms with Crippen LogP contribution in [0.5, 0.6) is 0 Å². The first-order valence-corrected chi connectivity index (χ1v) is 12.9. The standard InChI is InChI=1S/C31H32F3N5O/c1-21-6-8-26(18-25(21)11-10-24-9-7-22(2)39(35-4)23(24)3)30(40)36-28-13-12-27(29(19-28)31(32,33)34)20-38-16-14-37(5)15-17-38/h6-9,12-13,18-19H,2,4,14-17,20H2,1,3,5H3,(H,36,40). The first-order chi connectivity index (χ1) is 19.0. The van der Waals surface area contributed by atoms with Crippen molar-refractivity contribution < 1.29 is 18.0 Å². The van der Waals surface area contributed by atoms with Crippen molar-refractivity contribution in [3.05, 3.63) is 99.9 Å². The average molecular weight is 548 g/mol. The van der Waals surface area contributed by atoms with Crippen LogP contribution in [0.3, 0.4) is 0 Å². The van der Waals surface area contributed by atoms with Gasteiger partial charge in [0.25, 0.3) is 5.91 Å². The molecule has 2 aliphatic rings. The minimum Gasteiger partial charge on any atom is -0.322 e. The Balaban J connectivity index is 1.54. The monoisotopic (exact) mass is 547 g/mol. The topological polar surface area (TPSA) is 51.2 Å². The largest absolute Gasteiger partial charge is 0.416 e. The van der Waals surface area contributed by atoms with E-state index >= 15 is 0 Å². The number of nitrogens with one attached hydrogen (secondary N) is 1. The van der Waals surface area contributed by atoms with E-state index in [-0.39, 0.29) is 23.4 Å². The third-order valence-corrected chi connectivity index (χ3v) is 7.06. The van der Waals surface area contributed by atoms with Crippen molar-refractivity contribution in [3.63, 3.8) is 0 Å². The van der Waals surface area contributed by atoms with Crippen LogP contribution in [0.15, 0.2) is 77.2 Å². The Morgan fingerprint density at radius 3 is 2.45 bits per heavy atom. The molecule has 4 rings (SSSR count). The van der Waals surface area contributed by atoms with E-state index in [0.717, 1.165) is 36.0 Å². The van der Waals surface area contributed by atoms with E-state index in [2.05, 4.69) is 40.5 Å². The molecule has 0 bridgehead atoms. The number of anilines is 1. The second kappa shape index (κ2) is 11.9. The zero-order valence-electron chi connectivity index (χ0n) is 22.9. The normalized spacial score (nSPS) is 16.6. The van der Waals surface area contributed by atoms with E-state index in [1.165, 1.54) is 12.1 Å². The van der Waals surface area contributed by atoms with Gasteiger partial charge in [-0.1, -0.05) is 30.6 Å². The lowest BCUT2D eigenvalue weighted by Crippen LogP contribution is -2.44. The summed E-state index contributed by atoms with van der Waals surface area (Å²) in [7, 11) is 2.00. The minimum atomic E-state index is -4.54. The number of carbonyl (C=O) groups excluding carboxylic acids is 1. The van der Waals surface area contributed by atoms with Crippen LogP contribution in [0.25, 0.3) is 0 Å². The highest BCUT2D eigenvalue weighted by Gasteiger charge is 2.34. The lowest BCUT2D eigenvalue weighted by Gasteiger charge is -2.33. The molecule has 0 atom stereocenters. The van der Waals surface area contributed by atoms with Crippen molar-refractivity contribution >= 4 is 18.3 Å². The highest BCUT2D eigenvalue weighted by Crippen LogP contribution is 2.35. The van der Waals surface area contributed by atoms with Crippen LogP contribution in [-0.2, 0) is 12.7 Å². The first kappa shape index (κ1) is 28.9. The molecule has 0 saturated carbocycles. The van der Waals surface area contributed by atoms with Crippen LogP contribution in [0.1, 0.15) is 39.5 Å². The predicted octanol–water partition coefficient (Wildman–Crippen LogP) is 5.64. The summed E-state index contributed by atoms with van der Waals surface area (Å²) in [5.74, 6) is 5.68. The predicted molar refractivity (Wildman–Crippen MR) is 153 cm³/mol. The molecule has 2 aromatic rings. The maximum atomic E-state index is 14.0. The molecule has 1 fully saturated rings. The Morgan fingerprint density at radius 1 is 1.05 bits per heavy atom. The highest BCUT2D eigenvalue weighted by atomic mass is 19.4. The number of alkyl halides is 3. The van der Waals surface area contributed by atoms with Gasteiger partial charge in [-0.3, -0.25) is 9.69 Å². The first-order valence-electron chi connectivity index (χ1n) is 12.9. The van der Waals surface area contributed by atoms with Gasteiger partial charge in [-0.2, -0.15) is 18.3 Å². The molecule has 1 N–H and O–H groups in total. The molecule has 2 heterocycles. The van der Waals surface area contributed by atoms with Gasteiger partial charge in [-0.15, -0.1) is 0 Å². The molecule has 0 aliphatic carbocycles. The quantitative estimate of drug-likeness (QED) is 0.389. The minimum absolute atomic E-state index is 0.0815.